The molecule has 0 N–H and O–H groups in total. The minimum atomic E-state index is 0.886. The predicted molar refractivity (Wildman–Crippen MR) is 101 cm³/mol. The first-order valence-corrected chi connectivity index (χ1v) is 7.84. The summed E-state index contributed by atoms with van der Waals surface area (Å²) < 4.78 is 0. The molecule has 0 amide bonds. The van der Waals surface area contributed by atoms with E-state index in [0.29, 0.717) is 0 Å². The second-order valence-electron chi connectivity index (χ2n) is 6.25. The van der Waals surface area contributed by atoms with Crippen molar-refractivity contribution < 1.29 is 0 Å². The van der Waals surface area contributed by atoms with Gasteiger partial charge in [0, 0.05) is 6.04 Å². The average Bonchev–Trinajstić information content (AvgIpc) is 2.52. The Morgan fingerprint density at radius 1 is 0.870 bits per heavy atom. The van der Waals surface area contributed by atoms with Gasteiger partial charge in [-0.3, -0.25) is 0 Å². The molecule has 1 aliphatic carbocycles. The van der Waals surface area contributed by atoms with Crippen LogP contribution in [0.2, 0.25) is 0 Å². The van der Waals surface area contributed by atoms with Crippen LogP contribution in [-0.4, -0.2) is 11.4 Å². The summed E-state index contributed by atoms with van der Waals surface area (Å²) in [6.07, 6.45) is 7.41. The van der Waals surface area contributed by atoms with Gasteiger partial charge in [0.15, 0.2) is 0 Å². The van der Waals surface area contributed by atoms with Crippen LogP contribution in [0.5, 0.6) is 0 Å². The third kappa shape index (κ3) is 3.05. The van der Waals surface area contributed by atoms with Crippen LogP contribution in [0.1, 0.15) is 43.0 Å². The number of benzene rings is 1. The van der Waals surface area contributed by atoms with E-state index in [1.165, 1.54) is 22.3 Å². The Morgan fingerprint density at radius 2 is 1.52 bits per heavy atom. The highest BCUT2D eigenvalue weighted by atomic mass is 14.8. The van der Waals surface area contributed by atoms with Crippen molar-refractivity contribution in [1.29, 1.82) is 0 Å². The fraction of sp³-hybridized carbons (Fsp3) is 0.333. The molecule has 2 rings (SSSR count). The van der Waals surface area contributed by atoms with E-state index in [1.807, 2.05) is 6.92 Å². The predicted octanol–water partition coefficient (Wildman–Crippen LogP) is 5.32. The van der Waals surface area contributed by atoms with Crippen molar-refractivity contribution >= 4 is 17.1 Å². The molecule has 118 valence electrons. The van der Waals surface area contributed by atoms with Gasteiger partial charge in [0.25, 0.3) is 0 Å². The molecule has 1 aromatic carbocycles. The molecular formula is C21H24N2. The van der Waals surface area contributed by atoms with Crippen molar-refractivity contribution in [1.82, 2.24) is 0 Å². The maximum atomic E-state index is 5.34. The summed E-state index contributed by atoms with van der Waals surface area (Å²) >= 11 is 0. The van der Waals surface area contributed by atoms with Crippen LogP contribution in [0.15, 0.2) is 38.8 Å². The number of rotatable bonds is 1. The Balaban J connectivity index is 2.63. The number of allylic oxidation sites excluding steroid dienone is 4. The molecule has 1 aromatic rings. The molecule has 1 aliphatic rings. The number of aliphatic imine (C=N–C) groups is 2. The van der Waals surface area contributed by atoms with Crippen molar-refractivity contribution in [3.63, 3.8) is 0 Å². The molecule has 0 atom stereocenters. The quantitative estimate of drug-likeness (QED) is 0.495. The third-order valence-corrected chi connectivity index (χ3v) is 4.90. The second-order valence-corrected chi connectivity index (χ2v) is 6.25. The molecule has 0 saturated carbocycles. The van der Waals surface area contributed by atoms with Crippen LogP contribution in [0.25, 0.3) is 0 Å². The third-order valence-electron chi connectivity index (χ3n) is 4.90. The van der Waals surface area contributed by atoms with E-state index in [9.17, 15) is 0 Å². The van der Waals surface area contributed by atoms with E-state index < -0.39 is 0 Å². The zero-order chi connectivity index (χ0) is 17.3. The fourth-order valence-corrected chi connectivity index (χ4v) is 2.84. The summed E-state index contributed by atoms with van der Waals surface area (Å²) in [7, 11) is 0. The van der Waals surface area contributed by atoms with Crippen molar-refractivity contribution in [2.75, 3.05) is 0 Å². The van der Waals surface area contributed by atoms with Crippen LogP contribution in [-0.2, 0) is 0 Å². The molecule has 0 heterocycles. The minimum Gasteiger partial charge on any atom is -0.248 e. The lowest BCUT2D eigenvalue weighted by Crippen LogP contribution is -2.15. The Bertz CT molecular complexity index is 838. The molecular weight excluding hydrogens is 280 g/mol. The molecule has 23 heavy (non-hydrogen) atoms. The van der Waals surface area contributed by atoms with Gasteiger partial charge in [-0.1, -0.05) is 6.42 Å². The smallest absolute Gasteiger partial charge is 0.0799 e. The van der Waals surface area contributed by atoms with Gasteiger partial charge in [-0.05, 0) is 99.6 Å². The van der Waals surface area contributed by atoms with E-state index in [1.54, 1.807) is 0 Å². The molecule has 2 heteroatoms. The van der Waals surface area contributed by atoms with Gasteiger partial charge in [0.05, 0.1) is 17.1 Å². The Morgan fingerprint density at radius 3 is 2.13 bits per heavy atom. The van der Waals surface area contributed by atoms with Gasteiger partial charge in [-0.15, -0.1) is 0 Å². The van der Waals surface area contributed by atoms with Gasteiger partial charge in [-0.25, -0.2) is 4.99 Å². The van der Waals surface area contributed by atoms with Gasteiger partial charge < -0.3 is 0 Å². The number of nitrogens with zero attached hydrogens (tertiary/aromatic N) is 2. The van der Waals surface area contributed by atoms with Crippen LogP contribution in [0, 0.1) is 40.2 Å². The molecule has 0 saturated heterocycles. The fourth-order valence-electron chi connectivity index (χ4n) is 2.84. The second kappa shape index (κ2) is 6.38. The largest absolute Gasteiger partial charge is 0.248 e. The summed E-state index contributed by atoms with van der Waals surface area (Å²) in [6, 6.07) is 4.55. The lowest BCUT2D eigenvalue weighted by atomic mass is 9.90. The van der Waals surface area contributed by atoms with Gasteiger partial charge in [0.2, 0.25) is 0 Å². The van der Waals surface area contributed by atoms with E-state index in [4.69, 9.17) is 11.4 Å². The molecule has 0 radical (unpaired) electrons. The Labute approximate surface area is 139 Å². The number of hydrogen-bond acceptors (Lipinski definition) is 2. The van der Waals surface area contributed by atoms with E-state index in [-0.39, 0.29) is 0 Å². The maximum absolute atomic E-state index is 5.34. The molecule has 0 fully saturated rings. The van der Waals surface area contributed by atoms with E-state index in [0.717, 1.165) is 33.8 Å². The van der Waals surface area contributed by atoms with Gasteiger partial charge in [0.1, 0.15) is 0 Å². The molecule has 0 aliphatic heterocycles. The van der Waals surface area contributed by atoms with Gasteiger partial charge in [-0.2, -0.15) is 4.99 Å². The van der Waals surface area contributed by atoms with Crippen LogP contribution in [0.3, 0.4) is 0 Å². The van der Waals surface area contributed by atoms with Crippen LogP contribution < -0.4 is 0 Å². The molecule has 0 spiro atoms. The van der Waals surface area contributed by atoms with Crippen molar-refractivity contribution in [3.8, 4) is 12.5 Å². The maximum Gasteiger partial charge on any atom is 0.0799 e. The molecule has 0 unspecified atom stereocenters. The lowest BCUT2D eigenvalue weighted by molar-refractivity contribution is 1.20. The number of terminal acetylenes is 1. The highest BCUT2D eigenvalue weighted by molar-refractivity contribution is 6.26. The monoisotopic (exact) mass is 304 g/mol. The lowest BCUT2D eigenvalue weighted by Gasteiger charge is -2.18. The van der Waals surface area contributed by atoms with Crippen molar-refractivity contribution in [3.05, 3.63) is 51.1 Å². The van der Waals surface area contributed by atoms with Crippen molar-refractivity contribution in [2.24, 2.45) is 9.98 Å². The highest BCUT2D eigenvalue weighted by Gasteiger charge is 2.18. The number of aryl methyl sites for hydroxylation is 1. The summed E-state index contributed by atoms with van der Waals surface area (Å²) in [5, 5.41) is 0. The standard InChI is InChI=1S/C21H24N2/c1-9-22-21-13(3)11-20(17(7)18(21)8)23-19-10-12(2)14(4)15(5)16(19)6/h1,10-11H,2-8H3. The summed E-state index contributed by atoms with van der Waals surface area (Å²) in [5.41, 5.74) is 11.4. The van der Waals surface area contributed by atoms with E-state index in [2.05, 4.69) is 64.7 Å². The number of hydrogen-bond donors (Lipinski definition) is 0. The average molecular weight is 304 g/mol. The van der Waals surface area contributed by atoms with Crippen LogP contribution in [0.4, 0.5) is 5.69 Å². The topological polar surface area (TPSA) is 24.7 Å². The first-order chi connectivity index (χ1) is 10.8. The van der Waals surface area contributed by atoms with Crippen molar-refractivity contribution in [2.45, 2.75) is 48.5 Å². The molecule has 0 bridgehead atoms. The zero-order valence-electron chi connectivity index (χ0n) is 15.1. The summed E-state index contributed by atoms with van der Waals surface area (Å²) in [4.78, 5) is 9.09. The SMILES string of the molecule is C#CN=C1C(C)=CC(=Nc2cc(C)c(C)c(C)c2C)C(C)=C1C. The minimum absolute atomic E-state index is 0.886. The van der Waals surface area contributed by atoms with E-state index >= 15 is 0 Å². The Hall–Kier alpha value is -2.40. The van der Waals surface area contributed by atoms with Crippen LogP contribution >= 0.6 is 0 Å². The van der Waals surface area contributed by atoms with Gasteiger partial charge >= 0.3 is 0 Å². The molecule has 0 aromatic heterocycles. The zero-order valence-corrected chi connectivity index (χ0v) is 15.1. The first kappa shape index (κ1) is 17.0. The highest BCUT2D eigenvalue weighted by Crippen LogP contribution is 2.30. The summed E-state index contributed by atoms with van der Waals surface area (Å²) in [5.74, 6) is 0. The molecule has 2 nitrogen and oxygen atoms in total. The summed E-state index contributed by atoms with van der Waals surface area (Å²) in [6.45, 7) is 14.8. The Kier molecular flexibility index (Phi) is 4.71. The first-order valence-electron chi connectivity index (χ1n) is 7.84. The normalized spacial score (nSPS) is 18.4.